The number of hydrogen-bond donors (Lipinski definition) is 0. The van der Waals surface area contributed by atoms with Gasteiger partial charge in [0.05, 0.1) is 19.1 Å². The second-order valence-corrected chi connectivity index (χ2v) is 8.10. The predicted molar refractivity (Wildman–Crippen MR) is 121 cm³/mol. The number of hydrogen-bond acceptors (Lipinski definition) is 6. The van der Waals surface area contributed by atoms with Gasteiger partial charge in [-0.05, 0) is 57.0 Å². The van der Waals surface area contributed by atoms with Crippen LogP contribution in [0.4, 0.5) is 0 Å². The standard InChI is InChI=1S/C25H29N3O4/c1-5-30-21-10-9-18(12-22(21)31-6-2)14-28-15-19(13-23(28)29)25-26-24(27-32-25)20-11-16(3)7-8-17(20)4/h7-12,19H,5-6,13-15H2,1-4H3. The predicted octanol–water partition coefficient (Wildman–Crippen LogP) is 4.67. The Morgan fingerprint density at radius 1 is 1.06 bits per heavy atom. The zero-order chi connectivity index (χ0) is 22.7. The van der Waals surface area contributed by atoms with Crippen molar-refractivity contribution in [1.29, 1.82) is 0 Å². The zero-order valence-corrected chi connectivity index (χ0v) is 19.1. The second-order valence-electron chi connectivity index (χ2n) is 8.10. The molecule has 1 atom stereocenters. The molecular formula is C25H29N3O4. The lowest BCUT2D eigenvalue weighted by atomic mass is 10.1. The Hall–Kier alpha value is -3.35. The third-order valence-electron chi connectivity index (χ3n) is 5.62. The highest BCUT2D eigenvalue weighted by Crippen LogP contribution is 2.33. The summed E-state index contributed by atoms with van der Waals surface area (Å²) in [6.07, 6.45) is 0.365. The van der Waals surface area contributed by atoms with Crippen molar-refractivity contribution in [2.45, 2.75) is 46.6 Å². The van der Waals surface area contributed by atoms with Crippen LogP contribution in [0.15, 0.2) is 40.9 Å². The molecule has 0 saturated carbocycles. The summed E-state index contributed by atoms with van der Waals surface area (Å²) in [7, 11) is 0. The molecule has 3 aromatic rings. The molecule has 32 heavy (non-hydrogen) atoms. The molecule has 1 unspecified atom stereocenters. The van der Waals surface area contributed by atoms with Gasteiger partial charge in [0.2, 0.25) is 17.6 Å². The molecule has 0 aliphatic carbocycles. The molecule has 0 spiro atoms. The zero-order valence-electron chi connectivity index (χ0n) is 19.1. The molecule has 7 nitrogen and oxygen atoms in total. The van der Waals surface area contributed by atoms with Crippen LogP contribution in [0.2, 0.25) is 0 Å². The van der Waals surface area contributed by atoms with Crippen LogP contribution in [0.1, 0.15) is 48.8 Å². The summed E-state index contributed by atoms with van der Waals surface area (Å²) < 4.78 is 16.9. The van der Waals surface area contributed by atoms with Gasteiger partial charge in [0.25, 0.3) is 0 Å². The smallest absolute Gasteiger partial charge is 0.232 e. The van der Waals surface area contributed by atoms with E-state index in [9.17, 15) is 4.79 Å². The fourth-order valence-corrected chi connectivity index (χ4v) is 3.99. The van der Waals surface area contributed by atoms with Crippen molar-refractivity contribution in [3.8, 4) is 22.9 Å². The van der Waals surface area contributed by atoms with Gasteiger partial charge in [-0.15, -0.1) is 0 Å². The van der Waals surface area contributed by atoms with E-state index < -0.39 is 0 Å². The Morgan fingerprint density at radius 3 is 2.62 bits per heavy atom. The summed E-state index contributed by atoms with van der Waals surface area (Å²) in [5.41, 5.74) is 4.18. The van der Waals surface area contributed by atoms with E-state index in [0.29, 0.717) is 55.9 Å². The summed E-state index contributed by atoms with van der Waals surface area (Å²) in [6, 6.07) is 12.0. The van der Waals surface area contributed by atoms with Gasteiger partial charge >= 0.3 is 0 Å². The number of nitrogens with zero attached hydrogens (tertiary/aromatic N) is 3. The lowest BCUT2D eigenvalue weighted by Crippen LogP contribution is -2.24. The number of rotatable bonds is 8. The monoisotopic (exact) mass is 435 g/mol. The molecule has 4 rings (SSSR count). The number of ether oxygens (including phenoxy) is 2. The number of likely N-dealkylation sites (tertiary alicyclic amines) is 1. The SMILES string of the molecule is CCOc1ccc(CN2CC(c3nc(-c4cc(C)ccc4C)no3)CC2=O)cc1OCC. The topological polar surface area (TPSA) is 77.7 Å². The van der Waals surface area contributed by atoms with Crippen LogP contribution < -0.4 is 9.47 Å². The highest BCUT2D eigenvalue weighted by Gasteiger charge is 2.34. The molecule has 1 aliphatic heterocycles. The van der Waals surface area contributed by atoms with Gasteiger partial charge in [-0.1, -0.05) is 28.9 Å². The summed E-state index contributed by atoms with van der Waals surface area (Å²) in [5.74, 6) is 2.47. The molecule has 1 aliphatic rings. The number of aromatic nitrogens is 2. The molecule has 1 amide bonds. The molecular weight excluding hydrogens is 406 g/mol. The Morgan fingerprint density at radius 2 is 1.84 bits per heavy atom. The van der Waals surface area contributed by atoms with Crippen molar-refractivity contribution in [3.05, 3.63) is 59.0 Å². The van der Waals surface area contributed by atoms with E-state index in [1.54, 1.807) is 0 Å². The first-order valence-corrected chi connectivity index (χ1v) is 11.1. The summed E-state index contributed by atoms with van der Waals surface area (Å²) >= 11 is 0. The normalized spacial score (nSPS) is 15.9. The maximum Gasteiger partial charge on any atom is 0.232 e. The maximum absolute atomic E-state index is 12.7. The fourth-order valence-electron chi connectivity index (χ4n) is 3.99. The lowest BCUT2D eigenvalue weighted by molar-refractivity contribution is -0.128. The van der Waals surface area contributed by atoms with Crippen molar-refractivity contribution in [2.24, 2.45) is 0 Å². The fraction of sp³-hybridized carbons (Fsp3) is 0.400. The third-order valence-corrected chi connectivity index (χ3v) is 5.62. The highest BCUT2D eigenvalue weighted by molar-refractivity contribution is 5.79. The molecule has 2 aromatic carbocycles. The highest BCUT2D eigenvalue weighted by atomic mass is 16.5. The van der Waals surface area contributed by atoms with Crippen molar-refractivity contribution < 1.29 is 18.8 Å². The van der Waals surface area contributed by atoms with Crippen LogP contribution in [-0.4, -0.2) is 40.7 Å². The number of carbonyl (C=O) groups is 1. The quantitative estimate of drug-likeness (QED) is 0.512. The van der Waals surface area contributed by atoms with Gasteiger partial charge in [-0.2, -0.15) is 4.98 Å². The Balaban J connectivity index is 1.48. The van der Waals surface area contributed by atoms with E-state index in [1.807, 2.05) is 50.8 Å². The Kier molecular flexibility index (Phi) is 6.44. The average molecular weight is 436 g/mol. The van der Waals surface area contributed by atoms with Gasteiger partial charge in [0, 0.05) is 25.1 Å². The van der Waals surface area contributed by atoms with Crippen LogP contribution in [0.3, 0.4) is 0 Å². The van der Waals surface area contributed by atoms with Gasteiger partial charge < -0.3 is 18.9 Å². The molecule has 168 valence electrons. The minimum absolute atomic E-state index is 0.0772. The van der Waals surface area contributed by atoms with Gasteiger partial charge in [-0.25, -0.2) is 0 Å². The molecule has 1 aromatic heterocycles. The lowest BCUT2D eigenvalue weighted by Gasteiger charge is -2.18. The molecule has 0 radical (unpaired) electrons. The maximum atomic E-state index is 12.7. The largest absolute Gasteiger partial charge is 0.490 e. The first-order valence-electron chi connectivity index (χ1n) is 11.1. The summed E-state index contributed by atoms with van der Waals surface area (Å²) in [6.45, 7) is 10.1. The van der Waals surface area contributed by atoms with Crippen LogP contribution in [0.5, 0.6) is 11.5 Å². The average Bonchev–Trinajstić information content (AvgIpc) is 3.39. The first kappa shape index (κ1) is 21.9. The van der Waals surface area contributed by atoms with Crippen molar-refractivity contribution >= 4 is 5.91 Å². The Bertz CT molecular complexity index is 1110. The van der Waals surface area contributed by atoms with Crippen LogP contribution in [-0.2, 0) is 11.3 Å². The molecule has 7 heteroatoms. The minimum atomic E-state index is -0.108. The molecule has 2 heterocycles. The van der Waals surface area contributed by atoms with E-state index in [4.69, 9.17) is 14.0 Å². The van der Waals surface area contributed by atoms with E-state index in [1.165, 1.54) is 0 Å². The molecule has 1 saturated heterocycles. The number of carbonyl (C=O) groups excluding carboxylic acids is 1. The van der Waals surface area contributed by atoms with Crippen molar-refractivity contribution in [2.75, 3.05) is 19.8 Å². The number of aryl methyl sites for hydroxylation is 2. The van der Waals surface area contributed by atoms with E-state index >= 15 is 0 Å². The number of benzene rings is 2. The first-order chi connectivity index (χ1) is 15.5. The van der Waals surface area contributed by atoms with Crippen LogP contribution in [0.25, 0.3) is 11.4 Å². The second kappa shape index (κ2) is 9.42. The van der Waals surface area contributed by atoms with Crippen LogP contribution >= 0.6 is 0 Å². The third kappa shape index (κ3) is 4.61. The van der Waals surface area contributed by atoms with E-state index in [-0.39, 0.29) is 11.8 Å². The van der Waals surface area contributed by atoms with Gasteiger partial charge in [0.1, 0.15) is 0 Å². The summed E-state index contributed by atoms with van der Waals surface area (Å²) in [4.78, 5) is 19.1. The Labute approximate surface area is 188 Å². The van der Waals surface area contributed by atoms with Gasteiger partial charge in [0.15, 0.2) is 11.5 Å². The van der Waals surface area contributed by atoms with Crippen molar-refractivity contribution in [1.82, 2.24) is 15.0 Å². The van der Waals surface area contributed by atoms with E-state index in [2.05, 4.69) is 28.3 Å². The van der Waals surface area contributed by atoms with Crippen molar-refractivity contribution in [3.63, 3.8) is 0 Å². The summed E-state index contributed by atoms with van der Waals surface area (Å²) in [5, 5.41) is 4.18. The molecule has 0 bridgehead atoms. The van der Waals surface area contributed by atoms with Gasteiger partial charge in [-0.3, -0.25) is 4.79 Å². The van der Waals surface area contributed by atoms with E-state index in [0.717, 1.165) is 22.3 Å². The molecule has 1 fully saturated rings. The van der Waals surface area contributed by atoms with Crippen LogP contribution in [0, 0.1) is 13.8 Å². The minimum Gasteiger partial charge on any atom is -0.490 e. The molecule has 0 N–H and O–H groups in total. The number of amides is 1.